The Labute approximate surface area is 125 Å². The quantitative estimate of drug-likeness (QED) is 0.612. The third-order valence-corrected chi connectivity index (χ3v) is 2.96. The Bertz CT molecular complexity index is 420. The van der Waals surface area contributed by atoms with Gasteiger partial charge in [-0.05, 0) is 24.8 Å². The minimum absolute atomic E-state index is 0.0796. The van der Waals surface area contributed by atoms with Crippen molar-refractivity contribution in [3.05, 3.63) is 35.9 Å². The zero-order chi connectivity index (χ0) is 15.3. The van der Waals surface area contributed by atoms with E-state index in [1.54, 1.807) is 0 Å². The lowest BCUT2D eigenvalue weighted by molar-refractivity contribution is -0.137. The minimum Gasteiger partial charge on any atom is -0.481 e. The molecule has 5 heteroatoms. The fourth-order valence-electron chi connectivity index (χ4n) is 1.85. The second-order valence-electron chi connectivity index (χ2n) is 4.80. The lowest BCUT2D eigenvalue weighted by atomic mass is 10.1. The molecule has 0 unspecified atom stereocenters. The van der Waals surface area contributed by atoms with Gasteiger partial charge in [-0.3, -0.25) is 9.59 Å². The summed E-state index contributed by atoms with van der Waals surface area (Å²) in [5, 5.41) is 11.1. The molecule has 1 rings (SSSR count). The Morgan fingerprint density at radius 3 is 2.52 bits per heavy atom. The zero-order valence-corrected chi connectivity index (χ0v) is 12.2. The van der Waals surface area contributed by atoms with E-state index in [0.29, 0.717) is 32.6 Å². The summed E-state index contributed by atoms with van der Waals surface area (Å²) >= 11 is 0. The van der Waals surface area contributed by atoms with Gasteiger partial charge in [-0.1, -0.05) is 30.3 Å². The lowest BCUT2D eigenvalue weighted by Gasteiger charge is -2.06. The summed E-state index contributed by atoms with van der Waals surface area (Å²) in [5.74, 6) is -0.936. The first-order valence-electron chi connectivity index (χ1n) is 7.28. The fourth-order valence-corrected chi connectivity index (χ4v) is 1.85. The molecule has 0 aromatic heterocycles. The van der Waals surface area contributed by atoms with Crippen LogP contribution in [0.2, 0.25) is 0 Å². The summed E-state index contributed by atoms with van der Waals surface area (Å²) in [6.07, 6.45) is 2.76. The molecule has 0 radical (unpaired) electrons. The molecule has 1 aromatic rings. The van der Waals surface area contributed by atoms with E-state index in [2.05, 4.69) is 17.4 Å². The number of carbonyl (C=O) groups is 2. The maximum absolute atomic E-state index is 11.4. The van der Waals surface area contributed by atoms with Crippen LogP contribution < -0.4 is 5.32 Å². The van der Waals surface area contributed by atoms with Crippen LogP contribution in [0.25, 0.3) is 0 Å². The van der Waals surface area contributed by atoms with E-state index in [1.807, 2.05) is 18.2 Å². The van der Waals surface area contributed by atoms with Crippen molar-refractivity contribution in [2.24, 2.45) is 0 Å². The highest BCUT2D eigenvalue weighted by atomic mass is 16.5. The molecule has 21 heavy (non-hydrogen) atoms. The molecule has 0 bridgehead atoms. The highest BCUT2D eigenvalue weighted by Crippen LogP contribution is 2.02. The molecule has 0 saturated carbocycles. The van der Waals surface area contributed by atoms with Crippen LogP contribution in [0.5, 0.6) is 0 Å². The third-order valence-electron chi connectivity index (χ3n) is 2.96. The second-order valence-corrected chi connectivity index (χ2v) is 4.80. The third kappa shape index (κ3) is 9.62. The molecule has 0 aliphatic heterocycles. The van der Waals surface area contributed by atoms with Crippen molar-refractivity contribution in [1.82, 2.24) is 5.32 Å². The van der Waals surface area contributed by atoms with Gasteiger partial charge in [0.15, 0.2) is 0 Å². The van der Waals surface area contributed by atoms with Crippen LogP contribution in [-0.4, -0.2) is 36.7 Å². The number of carbonyl (C=O) groups excluding carboxylic acids is 1. The molecular formula is C16H23NO4. The van der Waals surface area contributed by atoms with Crippen molar-refractivity contribution < 1.29 is 19.4 Å². The van der Waals surface area contributed by atoms with Gasteiger partial charge in [-0.25, -0.2) is 0 Å². The van der Waals surface area contributed by atoms with Gasteiger partial charge < -0.3 is 15.2 Å². The van der Waals surface area contributed by atoms with Crippen LogP contribution in [0.4, 0.5) is 0 Å². The van der Waals surface area contributed by atoms with Crippen LogP contribution in [-0.2, 0) is 20.7 Å². The number of aryl methyl sites for hydroxylation is 1. The van der Waals surface area contributed by atoms with Crippen LogP contribution in [0.3, 0.4) is 0 Å². The fraction of sp³-hybridized carbons (Fsp3) is 0.500. The summed E-state index contributed by atoms with van der Waals surface area (Å²) in [7, 11) is 0. The minimum atomic E-state index is -0.842. The Kier molecular flexibility index (Phi) is 8.88. The number of carboxylic acids is 1. The van der Waals surface area contributed by atoms with Crippen molar-refractivity contribution in [2.45, 2.75) is 32.1 Å². The van der Waals surface area contributed by atoms with Crippen molar-refractivity contribution in [1.29, 1.82) is 0 Å². The molecule has 0 heterocycles. The van der Waals surface area contributed by atoms with Gasteiger partial charge in [0, 0.05) is 26.0 Å². The molecule has 0 aliphatic rings. The van der Waals surface area contributed by atoms with Gasteiger partial charge in [0.2, 0.25) is 5.91 Å². The van der Waals surface area contributed by atoms with Crippen molar-refractivity contribution >= 4 is 11.9 Å². The summed E-state index contributed by atoms with van der Waals surface area (Å²) in [4.78, 5) is 21.7. The molecule has 5 nitrogen and oxygen atoms in total. The molecule has 1 amide bonds. The number of rotatable bonds is 11. The van der Waals surface area contributed by atoms with Crippen LogP contribution in [0.15, 0.2) is 30.3 Å². The maximum atomic E-state index is 11.4. The molecule has 2 N–H and O–H groups in total. The molecule has 0 spiro atoms. The second kappa shape index (κ2) is 10.9. The van der Waals surface area contributed by atoms with Crippen LogP contribution in [0.1, 0.15) is 31.2 Å². The predicted molar refractivity (Wildman–Crippen MR) is 80.1 cm³/mol. The molecule has 116 valence electrons. The molecule has 0 saturated heterocycles. The number of aliphatic carboxylic acids is 1. The Hall–Kier alpha value is -1.88. The standard InChI is InChI=1S/C16H23NO4/c18-15(17-11-4-9-16(19)20)10-13-21-12-5-8-14-6-2-1-3-7-14/h1-3,6-7H,4-5,8-13H2,(H,17,18)(H,19,20). The average molecular weight is 293 g/mol. The molecule has 1 aromatic carbocycles. The van der Waals surface area contributed by atoms with Gasteiger partial charge in [0.1, 0.15) is 0 Å². The first-order valence-corrected chi connectivity index (χ1v) is 7.28. The zero-order valence-electron chi connectivity index (χ0n) is 12.2. The maximum Gasteiger partial charge on any atom is 0.303 e. The number of benzene rings is 1. The predicted octanol–water partition coefficient (Wildman–Crippen LogP) is 2.01. The summed E-state index contributed by atoms with van der Waals surface area (Å²) in [6, 6.07) is 10.2. The summed E-state index contributed by atoms with van der Waals surface area (Å²) in [5.41, 5.74) is 1.29. The van der Waals surface area contributed by atoms with Gasteiger partial charge >= 0.3 is 5.97 Å². The highest BCUT2D eigenvalue weighted by Gasteiger charge is 2.02. The Morgan fingerprint density at radius 1 is 1.05 bits per heavy atom. The Morgan fingerprint density at radius 2 is 1.81 bits per heavy atom. The van der Waals surface area contributed by atoms with Crippen molar-refractivity contribution in [2.75, 3.05) is 19.8 Å². The van der Waals surface area contributed by atoms with E-state index in [0.717, 1.165) is 12.8 Å². The average Bonchev–Trinajstić information content (AvgIpc) is 2.48. The number of ether oxygens (including phenoxy) is 1. The Balaban J connectivity index is 1.91. The molecular weight excluding hydrogens is 270 g/mol. The number of amides is 1. The van der Waals surface area contributed by atoms with E-state index >= 15 is 0 Å². The van der Waals surface area contributed by atoms with E-state index in [9.17, 15) is 9.59 Å². The number of carboxylic acid groups (broad SMARTS) is 1. The van der Waals surface area contributed by atoms with E-state index < -0.39 is 5.97 Å². The smallest absolute Gasteiger partial charge is 0.303 e. The van der Waals surface area contributed by atoms with Gasteiger partial charge in [-0.15, -0.1) is 0 Å². The number of hydrogen-bond donors (Lipinski definition) is 2. The molecule has 0 fully saturated rings. The van der Waals surface area contributed by atoms with E-state index in [1.165, 1.54) is 5.56 Å². The lowest BCUT2D eigenvalue weighted by Crippen LogP contribution is -2.25. The molecule has 0 aliphatic carbocycles. The molecule has 0 atom stereocenters. The summed E-state index contributed by atoms with van der Waals surface area (Å²) in [6.45, 7) is 1.44. The monoisotopic (exact) mass is 293 g/mol. The number of nitrogens with one attached hydrogen (secondary N) is 1. The highest BCUT2D eigenvalue weighted by molar-refractivity contribution is 5.76. The number of hydrogen-bond acceptors (Lipinski definition) is 3. The summed E-state index contributed by atoms with van der Waals surface area (Å²) < 4.78 is 5.42. The van der Waals surface area contributed by atoms with Crippen LogP contribution in [0, 0.1) is 0 Å². The van der Waals surface area contributed by atoms with Gasteiger partial charge in [0.25, 0.3) is 0 Å². The first kappa shape index (κ1) is 17.2. The normalized spacial score (nSPS) is 10.3. The largest absolute Gasteiger partial charge is 0.481 e. The van der Waals surface area contributed by atoms with Crippen LogP contribution >= 0.6 is 0 Å². The van der Waals surface area contributed by atoms with Gasteiger partial charge in [0.05, 0.1) is 6.61 Å². The van der Waals surface area contributed by atoms with E-state index in [4.69, 9.17) is 9.84 Å². The van der Waals surface area contributed by atoms with Crippen molar-refractivity contribution in [3.63, 3.8) is 0 Å². The van der Waals surface area contributed by atoms with Crippen molar-refractivity contribution in [3.8, 4) is 0 Å². The SMILES string of the molecule is O=C(O)CCCNC(=O)CCOCCCc1ccccc1. The first-order chi connectivity index (χ1) is 10.2. The topological polar surface area (TPSA) is 75.6 Å². The van der Waals surface area contributed by atoms with Gasteiger partial charge in [-0.2, -0.15) is 0 Å². The van der Waals surface area contributed by atoms with E-state index in [-0.39, 0.29) is 12.3 Å².